The molecule has 0 radical (unpaired) electrons. The van der Waals surface area contributed by atoms with Crippen LogP contribution in [0.2, 0.25) is 0 Å². The average Bonchev–Trinajstić information content (AvgIpc) is 2.94. The van der Waals surface area contributed by atoms with Gasteiger partial charge in [0.2, 0.25) is 0 Å². The summed E-state index contributed by atoms with van der Waals surface area (Å²) >= 11 is 0. The van der Waals surface area contributed by atoms with Crippen LogP contribution in [0.3, 0.4) is 0 Å². The van der Waals surface area contributed by atoms with Crippen molar-refractivity contribution in [2.45, 2.75) is 0 Å². The summed E-state index contributed by atoms with van der Waals surface area (Å²) in [5, 5.41) is 4.02. The maximum absolute atomic E-state index is 12.3. The van der Waals surface area contributed by atoms with Crippen molar-refractivity contribution in [3.63, 3.8) is 0 Å². The second kappa shape index (κ2) is 5.13. The zero-order valence-corrected chi connectivity index (χ0v) is 11.2. The third-order valence-corrected chi connectivity index (χ3v) is 3.22. The van der Waals surface area contributed by atoms with E-state index in [1.165, 1.54) is 0 Å². The minimum absolute atomic E-state index is 0.00212. The fourth-order valence-corrected chi connectivity index (χ4v) is 2.15. The molecule has 98 valence electrons. The van der Waals surface area contributed by atoms with E-state index in [0.717, 1.165) is 11.1 Å². The fourth-order valence-electron chi connectivity index (χ4n) is 2.15. The van der Waals surface area contributed by atoms with Crippen LogP contribution in [0.25, 0.3) is 11.1 Å². The predicted octanol–water partition coefficient (Wildman–Crippen LogP) is 3.32. The number of carbonyl (C=O) groups is 1. The van der Waals surface area contributed by atoms with Crippen LogP contribution in [0.5, 0.6) is 0 Å². The Labute approximate surface area is 117 Å². The first kappa shape index (κ1) is 12.4. The Morgan fingerprint density at radius 2 is 1.55 bits per heavy atom. The van der Waals surface area contributed by atoms with E-state index in [1.807, 2.05) is 42.5 Å². The average molecular weight is 262 g/mol. The van der Waals surface area contributed by atoms with Crippen LogP contribution in [0.1, 0.15) is 15.9 Å². The van der Waals surface area contributed by atoms with Crippen LogP contribution in [0.15, 0.2) is 67.0 Å². The first-order chi connectivity index (χ1) is 9.74. The van der Waals surface area contributed by atoms with E-state index < -0.39 is 0 Å². The van der Waals surface area contributed by atoms with Gasteiger partial charge in [-0.15, -0.1) is 0 Å². The molecule has 0 saturated heterocycles. The molecule has 3 aromatic rings. The Bertz CT molecular complexity index is 727. The standard InChI is InChI=1S/C17H14N2O/c1-19-12-16(11-18-19)17(20)15-9-7-14(8-10-15)13-5-3-2-4-6-13/h2-12H,1H3. The monoisotopic (exact) mass is 262 g/mol. The molecule has 0 spiro atoms. The summed E-state index contributed by atoms with van der Waals surface area (Å²) in [6.45, 7) is 0. The van der Waals surface area contributed by atoms with E-state index in [9.17, 15) is 4.79 Å². The van der Waals surface area contributed by atoms with E-state index in [2.05, 4.69) is 17.2 Å². The number of carbonyl (C=O) groups excluding carboxylic acids is 1. The van der Waals surface area contributed by atoms with Gasteiger partial charge in [-0.05, 0) is 11.1 Å². The third-order valence-electron chi connectivity index (χ3n) is 3.22. The second-order valence-electron chi connectivity index (χ2n) is 4.68. The van der Waals surface area contributed by atoms with Crippen molar-refractivity contribution in [2.24, 2.45) is 7.05 Å². The highest BCUT2D eigenvalue weighted by molar-refractivity contribution is 6.08. The third kappa shape index (κ3) is 2.38. The maximum Gasteiger partial charge on any atom is 0.196 e. The highest BCUT2D eigenvalue weighted by Crippen LogP contribution is 2.20. The molecule has 0 saturated carbocycles. The lowest BCUT2D eigenvalue weighted by atomic mass is 10.0. The normalized spacial score (nSPS) is 10.4. The van der Waals surface area contributed by atoms with Gasteiger partial charge in [0, 0.05) is 18.8 Å². The van der Waals surface area contributed by atoms with E-state index in [4.69, 9.17) is 0 Å². The van der Waals surface area contributed by atoms with Gasteiger partial charge in [0.15, 0.2) is 5.78 Å². The molecule has 1 aromatic heterocycles. The van der Waals surface area contributed by atoms with Crippen molar-refractivity contribution >= 4 is 5.78 Å². The SMILES string of the molecule is Cn1cc(C(=O)c2ccc(-c3ccccc3)cc2)cn1. The van der Waals surface area contributed by atoms with Crippen molar-refractivity contribution in [3.8, 4) is 11.1 Å². The van der Waals surface area contributed by atoms with E-state index in [-0.39, 0.29) is 5.78 Å². The van der Waals surface area contributed by atoms with Crippen LogP contribution in [-0.4, -0.2) is 15.6 Å². The molecule has 3 rings (SSSR count). The highest BCUT2D eigenvalue weighted by Gasteiger charge is 2.10. The Hall–Kier alpha value is -2.68. The maximum atomic E-state index is 12.3. The number of hydrogen-bond donors (Lipinski definition) is 0. The van der Waals surface area contributed by atoms with Crippen LogP contribution in [0, 0.1) is 0 Å². The van der Waals surface area contributed by atoms with Crippen LogP contribution in [0.4, 0.5) is 0 Å². The number of benzene rings is 2. The molecule has 3 heteroatoms. The molecule has 20 heavy (non-hydrogen) atoms. The molecule has 0 atom stereocenters. The number of aromatic nitrogens is 2. The molecule has 1 heterocycles. The topological polar surface area (TPSA) is 34.9 Å². The van der Waals surface area contributed by atoms with Crippen molar-refractivity contribution in [3.05, 3.63) is 78.1 Å². The molecule has 0 unspecified atom stereocenters. The van der Waals surface area contributed by atoms with Crippen molar-refractivity contribution < 1.29 is 4.79 Å². The summed E-state index contributed by atoms with van der Waals surface area (Å²) in [4.78, 5) is 12.3. The minimum Gasteiger partial charge on any atom is -0.288 e. The second-order valence-corrected chi connectivity index (χ2v) is 4.68. The lowest BCUT2D eigenvalue weighted by Crippen LogP contribution is -1.99. The van der Waals surface area contributed by atoms with Crippen LogP contribution >= 0.6 is 0 Å². The van der Waals surface area contributed by atoms with E-state index in [0.29, 0.717) is 11.1 Å². The Kier molecular flexibility index (Phi) is 3.17. The molecule has 0 aliphatic carbocycles. The predicted molar refractivity (Wildman–Crippen MR) is 78.5 cm³/mol. The van der Waals surface area contributed by atoms with Gasteiger partial charge in [-0.25, -0.2) is 0 Å². The van der Waals surface area contributed by atoms with Crippen molar-refractivity contribution in [1.82, 2.24) is 9.78 Å². The zero-order chi connectivity index (χ0) is 13.9. The molecule has 0 aliphatic rings. The lowest BCUT2D eigenvalue weighted by Gasteiger charge is -2.03. The lowest BCUT2D eigenvalue weighted by molar-refractivity contribution is 0.103. The van der Waals surface area contributed by atoms with E-state index in [1.54, 1.807) is 24.1 Å². The number of aryl methyl sites for hydroxylation is 1. The van der Waals surface area contributed by atoms with Gasteiger partial charge < -0.3 is 0 Å². The molecule has 2 aromatic carbocycles. The van der Waals surface area contributed by atoms with Gasteiger partial charge in [0.05, 0.1) is 11.8 Å². The molecule has 0 amide bonds. The summed E-state index contributed by atoms with van der Waals surface area (Å²) < 4.78 is 1.63. The summed E-state index contributed by atoms with van der Waals surface area (Å²) in [5.74, 6) is -0.00212. The molecular formula is C17H14N2O. The Morgan fingerprint density at radius 1 is 0.900 bits per heavy atom. The molecule has 3 nitrogen and oxygen atoms in total. The van der Waals surface area contributed by atoms with E-state index >= 15 is 0 Å². The zero-order valence-electron chi connectivity index (χ0n) is 11.2. The molecule has 0 N–H and O–H groups in total. The summed E-state index contributed by atoms with van der Waals surface area (Å²) in [6, 6.07) is 17.8. The smallest absolute Gasteiger partial charge is 0.196 e. The van der Waals surface area contributed by atoms with Gasteiger partial charge in [-0.2, -0.15) is 5.10 Å². The quantitative estimate of drug-likeness (QED) is 0.679. The van der Waals surface area contributed by atoms with Gasteiger partial charge in [0.25, 0.3) is 0 Å². The molecular weight excluding hydrogens is 248 g/mol. The molecule has 0 aliphatic heterocycles. The summed E-state index contributed by atoms with van der Waals surface area (Å²) in [6.07, 6.45) is 3.32. The summed E-state index contributed by atoms with van der Waals surface area (Å²) in [7, 11) is 1.80. The molecule has 0 fully saturated rings. The largest absolute Gasteiger partial charge is 0.288 e. The van der Waals surface area contributed by atoms with Crippen molar-refractivity contribution in [2.75, 3.05) is 0 Å². The number of rotatable bonds is 3. The van der Waals surface area contributed by atoms with Gasteiger partial charge in [-0.1, -0.05) is 54.6 Å². The summed E-state index contributed by atoms with van der Waals surface area (Å²) in [5.41, 5.74) is 3.54. The highest BCUT2D eigenvalue weighted by atomic mass is 16.1. The first-order valence-electron chi connectivity index (χ1n) is 6.43. The first-order valence-corrected chi connectivity index (χ1v) is 6.43. The Morgan fingerprint density at radius 3 is 2.15 bits per heavy atom. The van der Waals surface area contributed by atoms with Gasteiger partial charge >= 0.3 is 0 Å². The fraction of sp³-hybridized carbons (Fsp3) is 0.0588. The van der Waals surface area contributed by atoms with Crippen molar-refractivity contribution in [1.29, 1.82) is 0 Å². The minimum atomic E-state index is -0.00212. The number of ketones is 1. The van der Waals surface area contributed by atoms with Gasteiger partial charge in [-0.3, -0.25) is 9.48 Å². The molecule has 0 bridgehead atoms. The van der Waals surface area contributed by atoms with Crippen LogP contribution < -0.4 is 0 Å². The van der Waals surface area contributed by atoms with Gasteiger partial charge in [0.1, 0.15) is 0 Å². The number of hydrogen-bond acceptors (Lipinski definition) is 2. The van der Waals surface area contributed by atoms with Crippen LogP contribution in [-0.2, 0) is 7.05 Å². The Balaban J connectivity index is 1.88. The number of nitrogens with zero attached hydrogens (tertiary/aromatic N) is 2.